The molecule has 6 nitrogen and oxygen atoms in total. The van der Waals surface area contributed by atoms with Crippen molar-refractivity contribution in [2.75, 3.05) is 11.3 Å². The Kier molecular flexibility index (Phi) is 4.61. The van der Waals surface area contributed by atoms with E-state index < -0.39 is 21.7 Å². The Morgan fingerprint density at radius 3 is 2.72 bits per heavy atom. The summed E-state index contributed by atoms with van der Waals surface area (Å²) in [5.41, 5.74) is -0.0164. The van der Waals surface area contributed by atoms with Crippen LogP contribution < -0.4 is 9.73 Å². The van der Waals surface area contributed by atoms with E-state index >= 15 is 0 Å². The molecule has 1 N–H and O–H groups in total. The highest BCUT2D eigenvalue weighted by molar-refractivity contribution is 7.89. The largest absolute Gasteiger partial charge is 0.268 e. The number of carbonyl (C=O) groups excluding carboxylic acids is 1. The van der Waals surface area contributed by atoms with Crippen molar-refractivity contribution in [3.8, 4) is 0 Å². The number of amides is 1. The topological polar surface area (TPSA) is 78.8 Å². The number of hydrogen-bond acceptors (Lipinski definition) is 5. The summed E-state index contributed by atoms with van der Waals surface area (Å²) in [5, 5.41) is 6.58. The summed E-state index contributed by atoms with van der Waals surface area (Å²) in [5.74, 6) is -2.16. The number of benzene rings is 1. The number of allylic oxidation sites excluding steroid dienone is 2. The van der Waals surface area contributed by atoms with Crippen molar-refractivity contribution in [2.45, 2.75) is 6.04 Å². The molecule has 0 saturated heterocycles. The van der Waals surface area contributed by atoms with Crippen LogP contribution in [0.2, 0.25) is 0 Å². The molecule has 1 aliphatic carbocycles. The molecule has 10 heteroatoms. The summed E-state index contributed by atoms with van der Waals surface area (Å²) in [7, 11) is -3.79. The minimum Gasteiger partial charge on any atom is -0.268 e. The molecular formula is C15H12Cl2FN3O3S. The van der Waals surface area contributed by atoms with Gasteiger partial charge in [0.2, 0.25) is 10.0 Å². The van der Waals surface area contributed by atoms with Crippen LogP contribution in [0.15, 0.2) is 46.6 Å². The second-order valence-electron chi connectivity index (χ2n) is 5.56. The first-order valence-corrected chi connectivity index (χ1v) is 9.71. The Morgan fingerprint density at radius 2 is 2.08 bits per heavy atom. The summed E-state index contributed by atoms with van der Waals surface area (Å²) in [6.07, 6.45) is 6.06. The van der Waals surface area contributed by atoms with Gasteiger partial charge in [-0.1, -0.05) is 35.4 Å². The van der Waals surface area contributed by atoms with Crippen LogP contribution in [-0.2, 0) is 10.0 Å². The number of nitrogens with zero attached hydrogens (tertiary/aromatic N) is 2. The van der Waals surface area contributed by atoms with Crippen LogP contribution in [0.4, 0.5) is 10.1 Å². The fourth-order valence-electron chi connectivity index (χ4n) is 2.60. The first-order chi connectivity index (χ1) is 11.7. The van der Waals surface area contributed by atoms with Gasteiger partial charge in [-0.3, -0.25) is 9.80 Å². The maximum absolute atomic E-state index is 14.3. The van der Waals surface area contributed by atoms with Crippen LogP contribution in [0.3, 0.4) is 0 Å². The first-order valence-electron chi connectivity index (χ1n) is 7.06. The van der Waals surface area contributed by atoms with E-state index in [0.717, 1.165) is 12.3 Å². The maximum Gasteiger partial charge on any atom is 0.267 e. The highest BCUT2D eigenvalue weighted by Gasteiger charge is 2.36. The monoisotopic (exact) mass is 403 g/mol. The molecule has 1 aromatic carbocycles. The molecule has 1 aromatic rings. The Morgan fingerprint density at radius 1 is 1.36 bits per heavy atom. The van der Waals surface area contributed by atoms with Gasteiger partial charge in [-0.15, -0.1) is 0 Å². The third kappa shape index (κ3) is 3.70. The van der Waals surface area contributed by atoms with Crippen LogP contribution in [0.5, 0.6) is 0 Å². The highest BCUT2D eigenvalue weighted by Crippen LogP contribution is 2.35. The Balaban J connectivity index is 1.89. The third-order valence-electron chi connectivity index (χ3n) is 3.66. The van der Waals surface area contributed by atoms with E-state index in [0.29, 0.717) is 15.9 Å². The average Bonchev–Trinajstić information content (AvgIpc) is 2.82. The quantitative estimate of drug-likeness (QED) is 0.840. The van der Waals surface area contributed by atoms with E-state index in [4.69, 9.17) is 23.2 Å². The summed E-state index contributed by atoms with van der Waals surface area (Å²) in [6, 6.07) is 3.49. The van der Waals surface area contributed by atoms with Gasteiger partial charge in [-0.05, 0) is 24.3 Å². The van der Waals surface area contributed by atoms with E-state index in [2.05, 4.69) is 5.10 Å². The number of anilines is 1. The van der Waals surface area contributed by atoms with Crippen molar-refractivity contribution in [3.05, 3.63) is 52.8 Å². The molecule has 0 saturated carbocycles. The van der Waals surface area contributed by atoms with Crippen molar-refractivity contribution in [2.24, 2.45) is 11.0 Å². The predicted molar refractivity (Wildman–Crippen MR) is 94.8 cm³/mol. The molecule has 3 rings (SSSR count). The van der Waals surface area contributed by atoms with Gasteiger partial charge in [0.25, 0.3) is 5.91 Å². The van der Waals surface area contributed by atoms with Crippen molar-refractivity contribution < 1.29 is 17.6 Å². The molecule has 2 atom stereocenters. The number of sulfonamides is 1. The molecule has 1 amide bonds. The molecule has 2 aliphatic rings. The van der Waals surface area contributed by atoms with Crippen molar-refractivity contribution in [1.82, 2.24) is 4.72 Å². The Bertz CT molecular complexity index is 943. The lowest BCUT2D eigenvalue weighted by Gasteiger charge is -2.25. The summed E-state index contributed by atoms with van der Waals surface area (Å²) in [6.45, 7) is 0. The summed E-state index contributed by atoms with van der Waals surface area (Å²) in [4.78, 5) is 11.8. The molecule has 0 aromatic heterocycles. The van der Waals surface area contributed by atoms with Crippen LogP contribution in [0, 0.1) is 11.7 Å². The molecule has 1 heterocycles. The fourth-order valence-corrected chi connectivity index (χ4v) is 3.53. The Hall–Kier alpha value is -1.90. The maximum atomic E-state index is 14.3. The van der Waals surface area contributed by atoms with Gasteiger partial charge >= 0.3 is 0 Å². The predicted octanol–water partition coefficient (Wildman–Crippen LogP) is 2.56. The molecule has 0 radical (unpaired) electrons. The molecule has 0 bridgehead atoms. The molecule has 0 spiro atoms. The zero-order chi connectivity index (χ0) is 18.4. The van der Waals surface area contributed by atoms with Crippen molar-refractivity contribution in [1.29, 1.82) is 0 Å². The molecular weight excluding hydrogens is 392 g/mol. The fraction of sp³-hybridized carbons (Fsp3) is 0.200. The minimum absolute atomic E-state index is 0.240. The van der Waals surface area contributed by atoms with Crippen LogP contribution in [0.25, 0.3) is 0 Å². The van der Waals surface area contributed by atoms with Gasteiger partial charge < -0.3 is 0 Å². The lowest BCUT2D eigenvalue weighted by Crippen LogP contribution is -2.32. The molecule has 0 fully saturated rings. The number of hydrazone groups is 1. The number of nitrogens with one attached hydrogen (secondary N) is 1. The van der Waals surface area contributed by atoms with E-state index in [1.807, 2.05) is 0 Å². The van der Waals surface area contributed by atoms with Gasteiger partial charge in [0.05, 0.1) is 29.5 Å². The van der Waals surface area contributed by atoms with Gasteiger partial charge in [-0.25, -0.2) is 17.5 Å². The minimum atomic E-state index is -3.79. The highest BCUT2D eigenvalue weighted by atomic mass is 35.5. The number of rotatable bonds is 3. The van der Waals surface area contributed by atoms with Gasteiger partial charge in [0.1, 0.15) is 11.0 Å². The molecule has 1 aliphatic heterocycles. The average molecular weight is 404 g/mol. The van der Waals surface area contributed by atoms with Crippen LogP contribution >= 0.6 is 23.2 Å². The summed E-state index contributed by atoms with van der Waals surface area (Å²) < 4.78 is 38.2. The standard InChI is InChI=1S/C15H12Cl2FN3O3S/c1-25(23,24)20-15(22)10-4-3-9(7-12(10)18)21-13-5-2-8(16)6-11(13)14(17)19-21/h2-7,11,13H,1H3,(H,20,22). The van der Waals surface area contributed by atoms with E-state index in [1.165, 1.54) is 17.1 Å². The number of hydrogen-bond donors (Lipinski definition) is 1. The van der Waals surface area contributed by atoms with Crippen LogP contribution in [-0.4, -0.2) is 31.8 Å². The second-order valence-corrected chi connectivity index (χ2v) is 8.13. The first kappa shape index (κ1) is 17.9. The van der Waals surface area contributed by atoms with Gasteiger partial charge in [-0.2, -0.15) is 5.10 Å². The molecule has 132 valence electrons. The SMILES string of the molecule is CS(=O)(=O)NC(=O)c1ccc(N2N=C(Cl)C3C=C(Cl)C=CC32)cc1F. The number of halogens is 3. The second kappa shape index (κ2) is 6.44. The van der Waals surface area contributed by atoms with Crippen molar-refractivity contribution >= 4 is 50.0 Å². The smallest absolute Gasteiger partial charge is 0.267 e. The van der Waals surface area contributed by atoms with Crippen LogP contribution in [0.1, 0.15) is 10.4 Å². The normalized spacial score (nSPS) is 22.3. The van der Waals surface area contributed by atoms with E-state index in [1.54, 1.807) is 23.0 Å². The van der Waals surface area contributed by atoms with Crippen molar-refractivity contribution in [3.63, 3.8) is 0 Å². The van der Waals surface area contributed by atoms with E-state index in [-0.39, 0.29) is 17.5 Å². The Labute approximate surface area is 153 Å². The molecule has 2 unspecified atom stereocenters. The third-order valence-corrected chi connectivity index (χ3v) is 4.80. The lowest BCUT2D eigenvalue weighted by atomic mass is 9.96. The zero-order valence-corrected chi connectivity index (χ0v) is 15.1. The van der Waals surface area contributed by atoms with E-state index in [9.17, 15) is 17.6 Å². The molecule has 25 heavy (non-hydrogen) atoms. The number of carbonyl (C=O) groups is 1. The number of fused-ring (bicyclic) bond motifs is 1. The van der Waals surface area contributed by atoms with Gasteiger partial charge in [0, 0.05) is 5.03 Å². The summed E-state index contributed by atoms with van der Waals surface area (Å²) >= 11 is 12.1. The van der Waals surface area contributed by atoms with Gasteiger partial charge in [0.15, 0.2) is 0 Å². The lowest BCUT2D eigenvalue weighted by molar-refractivity contribution is 0.0978. The zero-order valence-electron chi connectivity index (χ0n) is 12.8.